The van der Waals surface area contributed by atoms with Gasteiger partial charge in [0, 0.05) is 30.4 Å². The number of hydrogen-bond acceptors (Lipinski definition) is 5. The molecule has 0 spiro atoms. The number of para-hydroxylation sites is 1. The molecule has 4 rings (SSSR count). The fourth-order valence-electron chi connectivity index (χ4n) is 3.87. The van der Waals surface area contributed by atoms with Gasteiger partial charge in [0.2, 0.25) is 0 Å². The third kappa shape index (κ3) is 4.82. The molecule has 32 heavy (non-hydrogen) atoms. The smallest absolute Gasteiger partial charge is 0.272 e. The Kier molecular flexibility index (Phi) is 6.53. The molecule has 0 atom stereocenters. The Morgan fingerprint density at radius 2 is 1.94 bits per heavy atom. The average molecular weight is 436 g/mol. The lowest BCUT2D eigenvalue weighted by molar-refractivity contribution is 0.0948. The van der Waals surface area contributed by atoms with Gasteiger partial charge in [-0.25, -0.2) is 14.4 Å². The molecule has 3 N–H and O–H groups in total. The largest absolute Gasteiger partial charge is 0.350 e. The van der Waals surface area contributed by atoms with Gasteiger partial charge in [-0.3, -0.25) is 14.7 Å². The van der Waals surface area contributed by atoms with Crippen molar-refractivity contribution in [2.24, 2.45) is 0 Å². The highest BCUT2D eigenvalue weighted by Crippen LogP contribution is 2.21. The second-order valence-electron chi connectivity index (χ2n) is 7.81. The van der Waals surface area contributed by atoms with E-state index in [0.717, 1.165) is 43.4 Å². The number of carbonyl (C=O) groups excluding carboxylic acids is 2. The minimum absolute atomic E-state index is 0.0801. The summed E-state index contributed by atoms with van der Waals surface area (Å²) in [5.74, 6) is -0.770. The van der Waals surface area contributed by atoms with Crippen molar-refractivity contribution >= 4 is 17.5 Å². The van der Waals surface area contributed by atoms with E-state index < -0.39 is 11.7 Å². The van der Waals surface area contributed by atoms with Gasteiger partial charge >= 0.3 is 0 Å². The molecular weight excluding hydrogens is 411 g/mol. The highest BCUT2D eigenvalue weighted by molar-refractivity contribution is 6.04. The maximum absolute atomic E-state index is 13.9. The highest BCUT2D eigenvalue weighted by Gasteiger charge is 2.21. The van der Waals surface area contributed by atoms with Gasteiger partial charge in [0.15, 0.2) is 5.69 Å². The highest BCUT2D eigenvalue weighted by atomic mass is 19.1. The number of H-pyrrole nitrogens is 1. The first-order chi connectivity index (χ1) is 15.5. The van der Waals surface area contributed by atoms with Crippen LogP contribution in [0.15, 0.2) is 30.5 Å². The maximum Gasteiger partial charge on any atom is 0.272 e. The lowest BCUT2D eigenvalue weighted by atomic mass is 10.1. The summed E-state index contributed by atoms with van der Waals surface area (Å²) < 4.78 is 13.9. The number of anilines is 1. The summed E-state index contributed by atoms with van der Waals surface area (Å²) in [6.45, 7) is 2.00. The van der Waals surface area contributed by atoms with Crippen molar-refractivity contribution in [1.29, 1.82) is 0 Å². The van der Waals surface area contributed by atoms with Crippen LogP contribution in [0.3, 0.4) is 0 Å². The summed E-state index contributed by atoms with van der Waals surface area (Å²) in [6, 6.07) is 5.94. The van der Waals surface area contributed by atoms with Crippen molar-refractivity contribution in [3.05, 3.63) is 70.3 Å². The minimum atomic E-state index is -0.527. The molecule has 2 amide bonds. The monoisotopic (exact) mass is 436 g/mol. The fraction of sp³-hybridized carbons (Fsp3) is 0.348. The molecule has 0 unspecified atom stereocenters. The van der Waals surface area contributed by atoms with Crippen molar-refractivity contribution in [3.63, 3.8) is 0 Å². The molecule has 1 aliphatic carbocycles. The summed E-state index contributed by atoms with van der Waals surface area (Å²) in [4.78, 5) is 33.9. The van der Waals surface area contributed by atoms with Gasteiger partial charge in [0.05, 0.1) is 16.9 Å². The van der Waals surface area contributed by atoms with Crippen molar-refractivity contribution in [2.45, 2.75) is 45.4 Å². The quantitative estimate of drug-likeness (QED) is 0.514. The molecule has 0 bridgehead atoms. The fourth-order valence-corrected chi connectivity index (χ4v) is 3.87. The van der Waals surface area contributed by atoms with Crippen LogP contribution in [-0.4, -0.2) is 38.5 Å². The van der Waals surface area contributed by atoms with E-state index in [9.17, 15) is 14.0 Å². The van der Waals surface area contributed by atoms with Crippen LogP contribution < -0.4 is 10.6 Å². The zero-order valence-electron chi connectivity index (χ0n) is 17.9. The van der Waals surface area contributed by atoms with Crippen LogP contribution in [-0.2, 0) is 19.3 Å². The second-order valence-corrected chi connectivity index (χ2v) is 7.81. The topological polar surface area (TPSA) is 113 Å². The lowest BCUT2D eigenvalue weighted by Gasteiger charge is -2.11. The third-order valence-corrected chi connectivity index (χ3v) is 5.52. The Balaban J connectivity index is 1.43. The molecule has 0 saturated carbocycles. The van der Waals surface area contributed by atoms with E-state index in [1.54, 1.807) is 19.1 Å². The summed E-state index contributed by atoms with van der Waals surface area (Å²) >= 11 is 0. The first-order valence-corrected chi connectivity index (χ1v) is 10.8. The van der Waals surface area contributed by atoms with Gasteiger partial charge in [0.1, 0.15) is 11.6 Å². The van der Waals surface area contributed by atoms with Gasteiger partial charge in [-0.15, -0.1) is 0 Å². The number of aryl methyl sites for hydroxylation is 2. The van der Waals surface area contributed by atoms with Crippen LogP contribution in [0.25, 0.3) is 0 Å². The molecule has 2 aromatic heterocycles. The Morgan fingerprint density at radius 3 is 2.78 bits per heavy atom. The number of nitrogens with zero attached hydrogens (tertiary/aromatic N) is 3. The molecule has 8 nitrogen and oxygen atoms in total. The van der Waals surface area contributed by atoms with Gasteiger partial charge in [-0.1, -0.05) is 18.6 Å². The van der Waals surface area contributed by atoms with Gasteiger partial charge in [-0.2, -0.15) is 5.10 Å². The number of carbonyl (C=O) groups is 2. The van der Waals surface area contributed by atoms with E-state index in [1.165, 1.54) is 18.3 Å². The van der Waals surface area contributed by atoms with Crippen molar-refractivity contribution < 1.29 is 14.0 Å². The summed E-state index contributed by atoms with van der Waals surface area (Å²) in [6.07, 6.45) is 6.80. The molecular formula is C23H25FN6O2. The predicted octanol–water partition coefficient (Wildman–Crippen LogP) is 3.14. The molecule has 0 aliphatic heterocycles. The number of aromatic nitrogens is 4. The van der Waals surface area contributed by atoms with Crippen LogP contribution in [0, 0.1) is 12.7 Å². The Labute approximate surface area is 185 Å². The molecule has 2 heterocycles. The Bertz CT molecular complexity index is 1140. The summed E-state index contributed by atoms with van der Waals surface area (Å²) in [5.41, 5.74) is 3.29. The molecule has 0 saturated heterocycles. The molecule has 1 aliphatic rings. The summed E-state index contributed by atoms with van der Waals surface area (Å²) in [7, 11) is 0. The van der Waals surface area contributed by atoms with E-state index in [0.29, 0.717) is 23.6 Å². The molecule has 166 valence electrons. The van der Waals surface area contributed by atoms with Crippen LogP contribution >= 0.6 is 0 Å². The van der Waals surface area contributed by atoms with E-state index in [1.807, 2.05) is 0 Å². The number of rotatable bonds is 6. The van der Waals surface area contributed by atoms with Crippen molar-refractivity contribution in [1.82, 2.24) is 25.5 Å². The number of benzene rings is 1. The van der Waals surface area contributed by atoms with Crippen LogP contribution in [0.5, 0.6) is 0 Å². The number of aromatic amines is 1. The molecule has 1 aromatic carbocycles. The first-order valence-electron chi connectivity index (χ1n) is 10.8. The normalized spacial score (nSPS) is 13.2. The lowest BCUT2D eigenvalue weighted by Crippen LogP contribution is -2.28. The standard InChI is InChI=1S/C23H25FN6O2/c1-14-26-13-16(22(31)28-20-10-6-5-8-17(20)24)18(27-14)11-12-25-23(32)21-15-7-3-2-4-9-19(15)29-30-21/h5-6,8,10,13H,2-4,7,9,11-12H2,1H3,(H,25,32)(H,28,31)(H,29,30). The molecule has 9 heteroatoms. The number of halogens is 1. The molecule has 0 fully saturated rings. The number of hydrogen-bond donors (Lipinski definition) is 3. The van der Waals surface area contributed by atoms with Crippen molar-refractivity contribution in [3.8, 4) is 0 Å². The Morgan fingerprint density at radius 1 is 1.12 bits per heavy atom. The first kappa shape index (κ1) is 21.6. The average Bonchev–Trinajstić information content (AvgIpc) is 3.03. The van der Waals surface area contributed by atoms with Crippen molar-refractivity contribution in [2.75, 3.05) is 11.9 Å². The molecule has 3 aromatic rings. The third-order valence-electron chi connectivity index (χ3n) is 5.52. The number of nitrogens with one attached hydrogen (secondary N) is 3. The number of fused-ring (bicyclic) bond motifs is 1. The SMILES string of the molecule is Cc1ncc(C(=O)Nc2ccccc2F)c(CCNC(=O)c2n[nH]c3c2CCCCC3)n1. The predicted molar refractivity (Wildman–Crippen MR) is 117 cm³/mol. The van der Waals surface area contributed by atoms with Crippen LogP contribution in [0.1, 0.15) is 62.9 Å². The Hall–Kier alpha value is -3.62. The van der Waals surface area contributed by atoms with Crippen LogP contribution in [0.2, 0.25) is 0 Å². The zero-order chi connectivity index (χ0) is 22.5. The van der Waals surface area contributed by atoms with Gasteiger partial charge in [0.25, 0.3) is 11.8 Å². The van der Waals surface area contributed by atoms with E-state index in [2.05, 4.69) is 30.8 Å². The van der Waals surface area contributed by atoms with E-state index in [4.69, 9.17) is 0 Å². The molecule has 0 radical (unpaired) electrons. The van der Waals surface area contributed by atoms with E-state index in [-0.39, 0.29) is 23.7 Å². The number of amides is 2. The van der Waals surface area contributed by atoms with E-state index >= 15 is 0 Å². The van der Waals surface area contributed by atoms with Gasteiger partial charge in [-0.05, 0) is 44.7 Å². The van der Waals surface area contributed by atoms with Crippen LogP contribution in [0.4, 0.5) is 10.1 Å². The maximum atomic E-state index is 13.9. The van der Waals surface area contributed by atoms with Gasteiger partial charge < -0.3 is 10.6 Å². The minimum Gasteiger partial charge on any atom is -0.350 e. The second kappa shape index (κ2) is 9.67. The summed E-state index contributed by atoms with van der Waals surface area (Å²) in [5, 5.41) is 12.6. The zero-order valence-corrected chi connectivity index (χ0v) is 17.9.